The minimum Gasteiger partial charge on any atom is -0.465 e. The van der Waals surface area contributed by atoms with Crippen LogP contribution in [0.25, 0.3) is 0 Å². The predicted octanol–water partition coefficient (Wildman–Crippen LogP) is 2.07. The first-order chi connectivity index (χ1) is 10.1. The molecule has 1 fully saturated rings. The number of piperidine rings is 1. The fourth-order valence-corrected chi connectivity index (χ4v) is 2.78. The highest BCUT2D eigenvalue weighted by Crippen LogP contribution is 2.21. The first-order valence-corrected chi connectivity index (χ1v) is 7.59. The van der Waals surface area contributed by atoms with E-state index in [1.54, 1.807) is 6.92 Å². The second kappa shape index (κ2) is 7.36. The number of benzene rings is 1. The summed E-state index contributed by atoms with van der Waals surface area (Å²) >= 11 is 0. The number of Topliss-reactive ketones (excluding diaryl/α,β-unsaturated/α-hetero) is 1. The first kappa shape index (κ1) is 15.7. The van der Waals surface area contributed by atoms with Crippen LogP contribution in [0.5, 0.6) is 0 Å². The molecule has 4 heteroatoms. The number of carbonyl (C=O) groups excluding carboxylic acids is 2. The van der Waals surface area contributed by atoms with Crippen LogP contribution >= 0.6 is 0 Å². The number of rotatable bonds is 5. The van der Waals surface area contributed by atoms with E-state index in [4.69, 9.17) is 4.74 Å². The summed E-state index contributed by atoms with van der Waals surface area (Å²) in [6.07, 6.45) is 1.48. The molecule has 2 rings (SSSR count). The van der Waals surface area contributed by atoms with Crippen LogP contribution in [0.4, 0.5) is 0 Å². The van der Waals surface area contributed by atoms with Crippen molar-refractivity contribution < 1.29 is 14.3 Å². The molecule has 1 aliphatic rings. The van der Waals surface area contributed by atoms with Gasteiger partial charge in [0.05, 0.1) is 13.2 Å². The minimum atomic E-state index is -0.576. The van der Waals surface area contributed by atoms with Crippen LogP contribution in [-0.4, -0.2) is 42.4 Å². The zero-order chi connectivity index (χ0) is 15.2. The Labute approximate surface area is 126 Å². The number of ether oxygens (including phenoxy) is 1. The Hall–Kier alpha value is -1.68. The molecule has 2 unspecified atom stereocenters. The largest absolute Gasteiger partial charge is 0.465 e. The molecular formula is C17H23NO3. The molecule has 0 aromatic heterocycles. The number of nitrogens with zero attached hydrogens (tertiary/aromatic N) is 1. The Balaban J connectivity index is 1.90. The highest BCUT2D eigenvalue weighted by Gasteiger charge is 2.36. The maximum Gasteiger partial charge on any atom is 0.316 e. The normalized spacial score (nSPS) is 23.0. The third kappa shape index (κ3) is 4.14. The lowest BCUT2D eigenvalue weighted by molar-refractivity contribution is -0.154. The summed E-state index contributed by atoms with van der Waals surface area (Å²) in [6.45, 7) is 5.35. The number of carbonyl (C=O) groups is 2. The standard InChI is InChI=1S/C17H23NO3/c1-3-21-17(20)15-11-13(2)18(12-16(15)19)10-9-14-7-5-4-6-8-14/h4-8,13,15H,3,9-12H2,1-2H3. The molecule has 21 heavy (non-hydrogen) atoms. The van der Waals surface area contributed by atoms with E-state index in [1.165, 1.54) is 5.56 Å². The highest BCUT2D eigenvalue weighted by atomic mass is 16.5. The van der Waals surface area contributed by atoms with Gasteiger partial charge in [-0.1, -0.05) is 30.3 Å². The predicted molar refractivity (Wildman–Crippen MR) is 80.9 cm³/mol. The first-order valence-electron chi connectivity index (χ1n) is 7.59. The van der Waals surface area contributed by atoms with Gasteiger partial charge in [0, 0.05) is 12.6 Å². The Morgan fingerprint density at radius 1 is 1.33 bits per heavy atom. The van der Waals surface area contributed by atoms with E-state index >= 15 is 0 Å². The monoisotopic (exact) mass is 289 g/mol. The molecule has 0 N–H and O–H groups in total. The topological polar surface area (TPSA) is 46.6 Å². The van der Waals surface area contributed by atoms with Gasteiger partial charge in [-0.15, -0.1) is 0 Å². The minimum absolute atomic E-state index is 0.0142. The second-order valence-corrected chi connectivity index (χ2v) is 5.56. The highest BCUT2D eigenvalue weighted by molar-refractivity contribution is 6.00. The van der Waals surface area contributed by atoms with Gasteiger partial charge in [-0.25, -0.2) is 0 Å². The third-order valence-corrected chi connectivity index (χ3v) is 4.05. The lowest BCUT2D eigenvalue weighted by Crippen LogP contribution is -2.49. The zero-order valence-corrected chi connectivity index (χ0v) is 12.7. The SMILES string of the molecule is CCOC(=O)C1CC(C)N(CCc2ccccc2)CC1=O. The van der Waals surface area contributed by atoms with Crippen molar-refractivity contribution in [1.29, 1.82) is 0 Å². The molecule has 1 aliphatic heterocycles. The molecule has 0 radical (unpaired) electrons. The molecule has 0 amide bonds. The molecule has 1 heterocycles. The van der Waals surface area contributed by atoms with Gasteiger partial charge in [-0.2, -0.15) is 0 Å². The molecule has 4 nitrogen and oxygen atoms in total. The smallest absolute Gasteiger partial charge is 0.316 e. The molecule has 0 saturated carbocycles. The van der Waals surface area contributed by atoms with E-state index in [1.807, 2.05) is 18.2 Å². The van der Waals surface area contributed by atoms with Crippen LogP contribution < -0.4 is 0 Å². The van der Waals surface area contributed by atoms with Gasteiger partial charge in [-0.05, 0) is 32.3 Å². The van der Waals surface area contributed by atoms with Crippen LogP contribution in [0.3, 0.4) is 0 Å². The maximum absolute atomic E-state index is 12.1. The van der Waals surface area contributed by atoms with Crippen molar-refractivity contribution >= 4 is 11.8 Å². The van der Waals surface area contributed by atoms with Gasteiger partial charge < -0.3 is 4.74 Å². The van der Waals surface area contributed by atoms with Crippen molar-refractivity contribution in [2.75, 3.05) is 19.7 Å². The lowest BCUT2D eigenvalue weighted by atomic mass is 9.90. The molecule has 0 aliphatic carbocycles. The van der Waals surface area contributed by atoms with Crippen molar-refractivity contribution in [3.63, 3.8) is 0 Å². The van der Waals surface area contributed by atoms with Crippen molar-refractivity contribution in [2.45, 2.75) is 32.7 Å². The van der Waals surface area contributed by atoms with E-state index in [0.717, 1.165) is 13.0 Å². The van der Waals surface area contributed by atoms with Crippen molar-refractivity contribution in [2.24, 2.45) is 5.92 Å². The molecule has 0 spiro atoms. The van der Waals surface area contributed by atoms with Gasteiger partial charge in [-0.3, -0.25) is 14.5 Å². The summed E-state index contributed by atoms with van der Waals surface area (Å²) in [5.41, 5.74) is 1.27. The van der Waals surface area contributed by atoms with Gasteiger partial charge >= 0.3 is 5.97 Å². The molecule has 114 valence electrons. The Morgan fingerprint density at radius 2 is 2.05 bits per heavy atom. The Bertz CT molecular complexity index is 486. The van der Waals surface area contributed by atoms with E-state index in [0.29, 0.717) is 19.6 Å². The maximum atomic E-state index is 12.1. The second-order valence-electron chi connectivity index (χ2n) is 5.56. The number of likely N-dealkylation sites (tertiary alicyclic amines) is 1. The van der Waals surface area contributed by atoms with E-state index in [-0.39, 0.29) is 17.8 Å². The number of esters is 1. The summed E-state index contributed by atoms with van der Waals surface area (Å²) < 4.78 is 4.99. The summed E-state index contributed by atoms with van der Waals surface area (Å²) in [7, 11) is 0. The van der Waals surface area contributed by atoms with Crippen LogP contribution in [0.1, 0.15) is 25.8 Å². The average molecular weight is 289 g/mol. The summed E-state index contributed by atoms with van der Waals surface area (Å²) in [4.78, 5) is 26.1. The summed E-state index contributed by atoms with van der Waals surface area (Å²) in [5, 5.41) is 0. The fourth-order valence-electron chi connectivity index (χ4n) is 2.78. The number of hydrogen-bond donors (Lipinski definition) is 0. The zero-order valence-electron chi connectivity index (χ0n) is 12.7. The third-order valence-electron chi connectivity index (χ3n) is 4.05. The Kier molecular flexibility index (Phi) is 5.51. The molecule has 1 aromatic carbocycles. The average Bonchev–Trinajstić information content (AvgIpc) is 2.49. The van der Waals surface area contributed by atoms with Gasteiger partial charge in [0.15, 0.2) is 5.78 Å². The van der Waals surface area contributed by atoms with E-state index in [2.05, 4.69) is 24.0 Å². The van der Waals surface area contributed by atoms with Crippen LogP contribution in [0.2, 0.25) is 0 Å². The van der Waals surface area contributed by atoms with Crippen molar-refractivity contribution in [3.05, 3.63) is 35.9 Å². The molecule has 0 bridgehead atoms. The van der Waals surface area contributed by atoms with Crippen molar-refractivity contribution in [1.82, 2.24) is 4.90 Å². The molecular weight excluding hydrogens is 266 g/mol. The van der Waals surface area contributed by atoms with E-state index in [9.17, 15) is 9.59 Å². The van der Waals surface area contributed by atoms with Gasteiger partial charge in [0.2, 0.25) is 0 Å². The van der Waals surface area contributed by atoms with Gasteiger partial charge in [0.25, 0.3) is 0 Å². The molecule has 1 aromatic rings. The van der Waals surface area contributed by atoms with Crippen LogP contribution in [0.15, 0.2) is 30.3 Å². The lowest BCUT2D eigenvalue weighted by Gasteiger charge is -2.35. The summed E-state index contributed by atoms with van der Waals surface area (Å²) in [5.74, 6) is -0.954. The van der Waals surface area contributed by atoms with E-state index < -0.39 is 5.92 Å². The fraction of sp³-hybridized carbons (Fsp3) is 0.529. The van der Waals surface area contributed by atoms with Crippen LogP contribution in [0, 0.1) is 5.92 Å². The molecule has 2 atom stereocenters. The molecule has 1 saturated heterocycles. The quantitative estimate of drug-likeness (QED) is 0.615. The summed E-state index contributed by atoms with van der Waals surface area (Å²) in [6, 6.07) is 10.5. The number of ketones is 1. The number of hydrogen-bond acceptors (Lipinski definition) is 4. The van der Waals surface area contributed by atoms with Crippen LogP contribution in [-0.2, 0) is 20.7 Å². The Morgan fingerprint density at radius 3 is 2.71 bits per heavy atom. The van der Waals surface area contributed by atoms with Crippen molar-refractivity contribution in [3.8, 4) is 0 Å². The van der Waals surface area contributed by atoms with Gasteiger partial charge in [0.1, 0.15) is 5.92 Å².